The van der Waals surface area contributed by atoms with E-state index >= 15 is 0 Å². The van der Waals surface area contributed by atoms with E-state index in [2.05, 4.69) is 15.0 Å². The molecule has 1 N–H and O–H groups in total. The molecular weight excluding hydrogens is 320 g/mol. The molecule has 0 saturated carbocycles. The van der Waals surface area contributed by atoms with Gasteiger partial charge in [-0.25, -0.2) is 9.50 Å². The summed E-state index contributed by atoms with van der Waals surface area (Å²) in [4.78, 5) is 6.69. The Morgan fingerprint density at radius 3 is 2.68 bits per heavy atom. The van der Waals surface area contributed by atoms with E-state index in [1.165, 1.54) is 0 Å². The zero-order valence-electron chi connectivity index (χ0n) is 13.8. The number of aromatic nitrogens is 3. The van der Waals surface area contributed by atoms with Gasteiger partial charge in [-0.2, -0.15) is 0 Å². The Kier molecular flexibility index (Phi) is 4.49. The van der Waals surface area contributed by atoms with Crippen molar-refractivity contribution in [1.29, 1.82) is 0 Å². The molecule has 1 aliphatic rings. The van der Waals surface area contributed by atoms with Crippen LogP contribution in [0.2, 0.25) is 0 Å². The average Bonchev–Trinajstić information content (AvgIpc) is 3.07. The van der Waals surface area contributed by atoms with Crippen LogP contribution in [-0.2, 0) is 4.74 Å². The van der Waals surface area contributed by atoms with E-state index in [9.17, 15) is 5.11 Å². The molecule has 4 rings (SSSR count). The highest BCUT2D eigenvalue weighted by Crippen LogP contribution is 2.23. The second-order valence-corrected chi connectivity index (χ2v) is 5.93. The van der Waals surface area contributed by atoms with Gasteiger partial charge in [0.1, 0.15) is 12.4 Å². The molecule has 0 spiro atoms. The summed E-state index contributed by atoms with van der Waals surface area (Å²) in [6, 6.07) is 10.7. The van der Waals surface area contributed by atoms with E-state index in [0.29, 0.717) is 12.5 Å². The predicted molar refractivity (Wildman–Crippen MR) is 92.8 cm³/mol. The SMILES string of the molecule is Oc1ccc(-c2cnc3ccc(OCCN4CCOCC4)nn23)cc1. The van der Waals surface area contributed by atoms with Crippen LogP contribution in [0.25, 0.3) is 16.9 Å². The number of ether oxygens (including phenoxy) is 2. The number of aromatic hydroxyl groups is 1. The Balaban J connectivity index is 1.49. The van der Waals surface area contributed by atoms with Crippen LogP contribution in [0.3, 0.4) is 0 Å². The number of phenols is 1. The smallest absolute Gasteiger partial charge is 0.231 e. The van der Waals surface area contributed by atoms with E-state index in [-0.39, 0.29) is 5.75 Å². The van der Waals surface area contributed by atoms with Crippen molar-refractivity contribution in [2.45, 2.75) is 0 Å². The summed E-state index contributed by atoms with van der Waals surface area (Å²) in [6.07, 6.45) is 1.77. The third-order valence-electron chi connectivity index (χ3n) is 4.26. The average molecular weight is 340 g/mol. The third kappa shape index (κ3) is 3.57. The van der Waals surface area contributed by atoms with Crippen LogP contribution in [0.5, 0.6) is 11.6 Å². The molecular formula is C18H20N4O3. The molecule has 0 amide bonds. The molecule has 0 unspecified atom stereocenters. The van der Waals surface area contributed by atoms with Crippen molar-refractivity contribution in [3.63, 3.8) is 0 Å². The fourth-order valence-corrected chi connectivity index (χ4v) is 2.87. The van der Waals surface area contributed by atoms with E-state index in [0.717, 1.165) is 49.8 Å². The van der Waals surface area contributed by atoms with Gasteiger partial charge in [-0.15, -0.1) is 5.10 Å². The van der Waals surface area contributed by atoms with Gasteiger partial charge in [0.25, 0.3) is 0 Å². The predicted octanol–water partition coefficient (Wildman–Crippen LogP) is 1.81. The van der Waals surface area contributed by atoms with Crippen molar-refractivity contribution in [3.8, 4) is 22.9 Å². The minimum atomic E-state index is 0.234. The highest BCUT2D eigenvalue weighted by atomic mass is 16.5. The number of rotatable bonds is 5. The van der Waals surface area contributed by atoms with Gasteiger partial charge in [0.05, 0.1) is 25.1 Å². The Labute approximate surface area is 145 Å². The number of hydrogen-bond acceptors (Lipinski definition) is 6. The van der Waals surface area contributed by atoms with Gasteiger partial charge < -0.3 is 14.6 Å². The zero-order chi connectivity index (χ0) is 17.1. The molecule has 0 radical (unpaired) electrons. The minimum Gasteiger partial charge on any atom is -0.508 e. The third-order valence-corrected chi connectivity index (χ3v) is 4.26. The van der Waals surface area contributed by atoms with Gasteiger partial charge in [0, 0.05) is 31.3 Å². The standard InChI is InChI=1S/C18H20N4O3/c23-15-3-1-14(2-4-15)16-13-19-17-5-6-18(20-22(16)17)25-12-9-21-7-10-24-11-8-21/h1-6,13,23H,7-12H2. The van der Waals surface area contributed by atoms with Crippen molar-refractivity contribution >= 4 is 5.65 Å². The lowest BCUT2D eigenvalue weighted by atomic mass is 10.2. The monoisotopic (exact) mass is 340 g/mol. The highest BCUT2D eigenvalue weighted by Gasteiger charge is 2.11. The van der Waals surface area contributed by atoms with Crippen molar-refractivity contribution in [2.24, 2.45) is 0 Å². The summed E-state index contributed by atoms with van der Waals surface area (Å²) >= 11 is 0. The lowest BCUT2D eigenvalue weighted by Gasteiger charge is -2.26. The second kappa shape index (κ2) is 7.08. The molecule has 25 heavy (non-hydrogen) atoms. The number of hydrogen-bond donors (Lipinski definition) is 1. The number of nitrogens with zero attached hydrogens (tertiary/aromatic N) is 4. The van der Waals surface area contributed by atoms with Crippen LogP contribution in [0.1, 0.15) is 0 Å². The first-order valence-corrected chi connectivity index (χ1v) is 8.37. The molecule has 0 bridgehead atoms. The molecule has 3 aromatic rings. The fraction of sp³-hybridized carbons (Fsp3) is 0.333. The van der Waals surface area contributed by atoms with Crippen molar-refractivity contribution < 1.29 is 14.6 Å². The molecule has 0 atom stereocenters. The van der Waals surface area contributed by atoms with E-state index in [1.54, 1.807) is 22.8 Å². The van der Waals surface area contributed by atoms with Crippen LogP contribution in [-0.4, -0.2) is 64.1 Å². The molecule has 3 heterocycles. The fourth-order valence-electron chi connectivity index (χ4n) is 2.87. The topological polar surface area (TPSA) is 72.1 Å². The first-order valence-electron chi connectivity index (χ1n) is 8.37. The molecule has 0 aliphatic carbocycles. The second-order valence-electron chi connectivity index (χ2n) is 5.93. The molecule has 7 nitrogen and oxygen atoms in total. The summed E-state index contributed by atoms with van der Waals surface area (Å²) in [5.74, 6) is 0.802. The summed E-state index contributed by atoms with van der Waals surface area (Å²) in [5.41, 5.74) is 2.54. The van der Waals surface area contributed by atoms with E-state index in [4.69, 9.17) is 9.47 Å². The highest BCUT2D eigenvalue weighted by molar-refractivity contribution is 5.63. The lowest BCUT2D eigenvalue weighted by molar-refractivity contribution is 0.0319. The van der Waals surface area contributed by atoms with E-state index in [1.807, 2.05) is 24.3 Å². The number of imidazole rings is 1. The van der Waals surface area contributed by atoms with Crippen molar-refractivity contribution in [3.05, 3.63) is 42.6 Å². The first kappa shape index (κ1) is 15.9. The summed E-state index contributed by atoms with van der Waals surface area (Å²) in [7, 11) is 0. The van der Waals surface area contributed by atoms with Gasteiger partial charge in [-0.05, 0) is 30.3 Å². The molecule has 130 valence electrons. The van der Waals surface area contributed by atoms with Crippen molar-refractivity contribution in [1.82, 2.24) is 19.5 Å². The summed E-state index contributed by atoms with van der Waals surface area (Å²) in [5, 5.41) is 14.0. The Bertz CT molecular complexity index is 841. The quantitative estimate of drug-likeness (QED) is 0.764. The molecule has 1 fully saturated rings. The zero-order valence-corrected chi connectivity index (χ0v) is 13.8. The van der Waals surface area contributed by atoms with Gasteiger partial charge in [0.15, 0.2) is 5.65 Å². The number of morpholine rings is 1. The summed E-state index contributed by atoms with van der Waals surface area (Å²) in [6.45, 7) is 4.91. The maximum atomic E-state index is 9.45. The van der Waals surface area contributed by atoms with Gasteiger partial charge >= 0.3 is 0 Å². The number of benzene rings is 1. The summed E-state index contributed by atoms with van der Waals surface area (Å²) < 4.78 is 12.9. The lowest BCUT2D eigenvalue weighted by Crippen LogP contribution is -2.38. The molecule has 2 aromatic heterocycles. The van der Waals surface area contributed by atoms with Crippen LogP contribution >= 0.6 is 0 Å². The van der Waals surface area contributed by atoms with Crippen LogP contribution in [0, 0.1) is 0 Å². The normalized spacial score (nSPS) is 15.5. The number of phenolic OH excluding ortho intramolecular Hbond substituents is 1. The maximum Gasteiger partial charge on any atom is 0.231 e. The van der Waals surface area contributed by atoms with Gasteiger partial charge in [0.2, 0.25) is 5.88 Å². The first-order chi connectivity index (χ1) is 12.3. The molecule has 1 aromatic carbocycles. The molecule has 1 saturated heterocycles. The molecule has 1 aliphatic heterocycles. The van der Waals surface area contributed by atoms with Crippen LogP contribution in [0.15, 0.2) is 42.6 Å². The maximum absolute atomic E-state index is 9.45. The largest absolute Gasteiger partial charge is 0.508 e. The van der Waals surface area contributed by atoms with Gasteiger partial charge in [-0.3, -0.25) is 4.90 Å². The number of fused-ring (bicyclic) bond motifs is 1. The van der Waals surface area contributed by atoms with E-state index < -0.39 is 0 Å². The van der Waals surface area contributed by atoms with Crippen molar-refractivity contribution in [2.75, 3.05) is 39.5 Å². The van der Waals surface area contributed by atoms with Gasteiger partial charge in [-0.1, -0.05) is 0 Å². The van der Waals surface area contributed by atoms with Crippen LogP contribution in [0.4, 0.5) is 0 Å². The van der Waals surface area contributed by atoms with Crippen LogP contribution < -0.4 is 4.74 Å². The molecule has 7 heteroatoms. The Morgan fingerprint density at radius 1 is 1.08 bits per heavy atom. The Hall–Kier alpha value is -2.64. The minimum absolute atomic E-state index is 0.234. The Morgan fingerprint density at radius 2 is 1.88 bits per heavy atom.